The standard InChI is InChI=1S/C15H10FN5/c1-18-15-8-19-11-4-2-9(6-12(11)21-15)10-3-5-14(16)20-13(10)7-17/h2-6,8H,1H3,(H,18,21). The lowest BCUT2D eigenvalue weighted by Gasteiger charge is -2.06. The lowest BCUT2D eigenvalue weighted by atomic mass is 10.0. The minimum Gasteiger partial charge on any atom is -0.372 e. The number of fused-ring (bicyclic) bond motifs is 1. The van der Waals surface area contributed by atoms with Gasteiger partial charge in [-0.1, -0.05) is 6.07 Å². The molecular formula is C15H10FN5. The first-order valence-corrected chi connectivity index (χ1v) is 6.23. The summed E-state index contributed by atoms with van der Waals surface area (Å²) in [7, 11) is 1.76. The summed E-state index contributed by atoms with van der Waals surface area (Å²) in [4.78, 5) is 12.3. The predicted molar refractivity (Wildman–Crippen MR) is 77.0 cm³/mol. The molecule has 0 bridgehead atoms. The second-order valence-electron chi connectivity index (χ2n) is 4.35. The van der Waals surface area contributed by atoms with E-state index in [1.807, 2.05) is 18.2 Å². The summed E-state index contributed by atoms with van der Waals surface area (Å²) in [5.74, 6) is -0.0225. The quantitative estimate of drug-likeness (QED) is 0.730. The minimum absolute atomic E-state index is 0.0482. The molecule has 1 N–H and O–H groups in total. The number of rotatable bonds is 2. The van der Waals surface area contributed by atoms with Gasteiger partial charge in [0.25, 0.3) is 0 Å². The van der Waals surface area contributed by atoms with Gasteiger partial charge >= 0.3 is 0 Å². The molecule has 3 rings (SSSR count). The van der Waals surface area contributed by atoms with Gasteiger partial charge in [-0.25, -0.2) is 9.97 Å². The molecule has 0 amide bonds. The van der Waals surface area contributed by atoms with Gasteiger partial charge in [0, 0.05) is 12.6 Å². The van der Waals surface area contributed by atoms with Crippen molar-refractivity contribution in [2.24, 2.45) is 0 Å². The van der Waals surface area contributed by atoms with E-state index >= 15 is 0 Å². The molecule has 0 atom stereocenters. The molecule has 0 saturated heterocycles. The molecule has 2 heterocycles. The average molecular weight is 279 g/mol. The topological polar surface area (TPSA) is 74.5 Å². The van der Waals surface area contributed by atoms with E-state index in [1.54, 1.807) is 19.3 Å². The summed E-state index contributed by atoms with van der Waals surface area (Å²) < 4.78 is 13.1. The predicted octanol–water partition coefficient (Wildman–Crippen LogP) is 2.74. The maximum Gasteiger partial charge on any atom is 0.214 e. The van der Waals surface area contributed by atoms with Crippen LogP contribution in [-0.2, 0) is 0 Å². The molecule has 3 aromatic rings. The van der Waals surface area contributed by atoms with Crippen LogP contribution in [0.2, 0.25) is 0 Å². The molecule has 0 fully saturated rings. The summed E-state index contributed by atoms with van der Waals surface area (Å²) in [6.07, 6.45) is 1.64. The molecule has 0 saturated carbocycles. The van der Waals surface area contributed by atoms with Gasteiger partial charge in [0.1, 0.15) is 11.9 Å². The molecule has 0 spiro atoms. The van der Waals surface area contributed by atoms with Gasteiger partial charge in [-0.15, -0.1) is 0 Å². The number of anilines is 1. The largest absolute Gasteiger partial charge is 0.372 e. The SMILES string of the molecule is CNc1cnc2ccc(-c3ccc(F)nc3C#N)cc2n1. The zero-order chi connectivity index (χ0) is 14.8. The van der Waals surface area contributed by atoms with Crippen molar-refractivity contribution in [3.8, 4) is 17.2 Å². The van der Waals surface area contributed by atoms with Crippen molar-refractivity contribution in [3.63, 3.8) is 0 Å². The highest BCUT2D eigenvalue weighted by Crippen LogP contribution is 2.25. The zero-order valence-corrected chi connectivity index (χ0v) is 11.1. The van der Waals surface area contributed by atoms with Crippen LogP contribution in [0.5, 0.6) is 0 Å². The highest BCUT2D eigenvalue weighted by Gasteiger charge is 2.09. The summed E-state index contributed by atoms with van der Waals surface area (Å²) in [5.41, 5.74) is 2.79. The summed E-state index contributed by atoms with van der Waals surface area (Å²) in [5, 5.41) is 12.0. The van der Waals surface area contributed by atoms with E-state index in [2.05, 4.69) is 20.3 Å². The number of hydrogen-bond donors (Lipinski definition) is 1. The van der Waals surface area contributed by atoms with Crippen LogP contribution in [0.1, 0.15) is 5.69 Å². The fourth-order valence-corrected chi connectivity index (χ4v) is 2.05. The van der Waals surface area contributed by atoms with E-state index in [4.69, 9.17) is 5.26 Å². The number of hydrogen-bond acceptors (Lipinski definition) is 5. The van der Waals surface area contributed by atoms with Crippen molar-refractivity contribution in [2.45, 2.75) is 0 Å². The Balaban J connectivity index is 2.19. The van der Waals surface area contributed by atoms with Gasteiger partial charge in [0.2, 0.25) is 5.95 Å². The van der Waals surface area contributed by atoms with E-state index in [-0.39, 0.29) is 5.69 Å². The molecule has 5 nitrogen and oxygen atoms in total. The molecule has 102 valence electrons. The number of nitrogens with one attached hydrogen (secondary N) is 1. The second-order valence-corrected chi connectivity index (χ2v) is 4.35. The van der Waals surface area contributed by atoms with E-state index in [0.717, 1.165) is 11.1 Å². The smallest absolute Gasteiger partial charge is 0.214 e. The first-order chi connectivity index (χ1) is 10.2. The Labute approximate surface area is 120 Å². The molecule has 0 aliphatic carbocycles. The maximum absolute atomic E-state index is 13.1. The molecule has 0 aliphatic heterocycles. The van der Waals surface area contributed by atoms with Gasteiger partial charge in [-0.2, -0.15) is 9.65 Å². The maximum atomic E-state index is 13.1. The van der Waals surface area contributed by atoms with Crippen LogP contribution in [0.4, 0.5) is 10.2 Å². The molecular weight excluding hydrogens is 269 g/mol. The van der Waals surface area contributed by atoms with Gasteiger partial charge in [0.05, 0.1) is 17.2 Å². The first-order valence-electron chi connectivity index (χ1n) is 6.23. The number of benzene rings is 1. The number of pyridine rings is 1. The number of nitriles is 1. The number of aromatic nitrogens is 3. The summed E-state index contributed by atoms with van der Waals surface area (Å²) in [6.45, 7) is 0. The Morgan fingerprint density at radius 2 is 2.00 bits per heavy atom. The Kier molecular flexibility index (Phi) is 3.16. The van der Waals surface area contributed by atoms with Crippen LogP contribution >= 0.6 is 0 Å². The molecule has 0 aliphatic rings. The van der Waals surface area contributed by atoms with Gasteiger partial charge in [0.15, 0.2) is 5.69 Å². The first kappa shape index (κ1) is 12.9. The van der Waals surface area contributed by atoms with Crippen molar-refractivity contribution in [2.75, 3.05) is 12.4 Å². The van der Waals surface area contributed by atoms with Crippen LogP contribution in [0, 0.1) is 17.3 Å². The van der Waals surface area contributed by atoms with Crippen molar-refractivity contribution in [1.29, 1.82) is 5.26 Å². The third kappa shape index (κ3) is 2.37. The molecule has 21 heavy (non-hydrogen) atoms. The van der Waals surface area contributed by atoms with Gasteiger partial charge in [-0.05, 0) is 29.8 Å². The molecule has 0 radical (unpaired) electrons. The Morgan fingerprint density at radius 3 is 2.76 bits per heavy atom. The lowest BCUT2D eigenvalue weighted by molar-refractivity contribution is 0.582. The number of nitrogens with zero attached hydrogens (tertiary/aromatic N) is 4. The van der Waals surface area contributed by atoms with Crippen molar-refractivity contribution in [1.82, 2.24) is 15.0 Å². The van der Waals surface area contributed by atoms with Gasteiger partial charge in [-0.3, -0.25) is 4.98 Å². The van der Waals surface area contributed by atoms with Crippen LogP contribution in [0.3, 0.4) is 0 Å². The third-order valence-corrected chi connectivity index (χ3v) is 3.08. The number of halogens is 1. The fraction of sp³-hybridized carbons (Fsp3) is 0.0667. The van der Waals surface area contributed by atoms with Crippen molar-refractivity contribution in [3.05, 3.63) is 48.2 Å². The van der Waals surface area contributed by atoms with Crippen molar-refractivity contribution >= 4 is 16.9 Å². The van der Waals surface area contributed by atoms with Crippen LogP contribution < -0.4 is 5.32 Å². The van der Waals surface area contributed by atoms with E-state index in [0.29, 0.717) is 16.9 Å². The lowest BCUT2D eigenvalue weighted by Crippen LogP contribution is -1.95. The molecule has 2 aromatic heterocycles. The summed E-state index contributed by atoms with van der Waals surface area (Å²) >= 11 is 0. The second kappa shape index (κ2) is 5.13. The summed E-state index contributed by atoms with van der Waals surface area (Å²) in [6, 6.07) is 10.1. The zero-order valence-electron chi connectivity index (χ0n) is 11.1. The Bertz CT molecular complexity index is 870. The van der Waals surface area contributed by atoms with Crippen LogP contribution in [0.25, 0.3) is 22.2 Å². The minimum atomic E-state index is -0.673. The Morgan fingerprint density at radius 1 is 1.14 bits per heavy atom. The average Bonchev–Trinajstić information content (AvgIpc) is 2.53. The highest BCUT2D eigenvalue weighted by atomic mass is 19.1. The van der Waals surface area contributed by atoms with Crippen molar-refractivity contribution < 1.29 is 4.39 Å². The highest BCUT2D eigenvalue weighted by molar-refractivity contribution is 5.83. The van der Waals surface area contributed by atoms with E-state index in [1.165, 1.54) is 12.1 Å². The third-order valence-electron chi connectivity index (χ3n) is 3.08. The fourth-order valence-electron chi connectivity index (χ4n) is 2.05. The van der Waals surface area contributed by atoms with E-state index < -0.39 is 5.95 Å². The van der Waals surface area contributed by atoms with Crippen LogP contribution in [-0.4, -0.2) is 22.0 Å². The molecule has 0 unspecified atom stereocenters. The normalized spacial score (nSPS) is 10.3. The molecule has 1 aromatic carbocycles. The van der Waals surface area contributed by atoms with Gasteiger partial charge < -0.3 is 5.32 Å². The molecule has 6 heteroatoms. The van der Waals surface area contributed by atoms with E-state index in [9.17, 15) is 4.39 Å². The Hall–Kier alpha value is -3.07. The monoisotopic (exact) mass is 279 g/mol. The van der Waals surface area contributed by atoms with Crippen LogP contribution in [0.15, 0.2) is 36.5 Å².